The summed E-state index contributed by atoms with van der Waals surface area (Å²) in [6, 6.07) is 7.88. The van der Waals surface area contributed by atoms with Crippen molar-refractivity contribution in [2.24, 2.45) is 5.92 Å². The second-order valence-electron chi connectivity index (χ2n) is 7.04. The predicted molar refractivity (Wildman–Crippen MR) is 102 cm³/mol. The molecule has 1 aromatic rings. The Morgan fingerprint density at radius 3 is 2.56 bits per heavy atom. The van der Waals surface area contributed by atoms with Crippen molar-refractivity contribution < 1.29 is 9.53 Å². The number of hydrogen-bond donors (Lipinski definition) is 1. The van der Waals surface area contributed by atoms with Crippen molar-refractivity contribution in [3.8, 4) is 0 Å². The van der Waals surface area contributed by atoms with Gasteiger partial charge in [0.1, 0.15) is 6.61 Å². The van der Waals surface area contributed by atoms with Crippen LogP contribution in [0.25, 0.3) is 0 Å². The number of piperazine rings is 1. The third kappa shape index (κ3) is 6.59. The van der Waals surface area contributed by atoms with Gasteiger partial charge in [-0.15, -0.1) is 0 Å². The molecule has 1 amide bonds. The molecule has 1 aromatic carbocycles. The molecule has 1 fully saturated rings. The van der Waals surface area contributed by atoms with Gasteiger partial charge in [-0.05, 0) is 24.6 Å². The summed E-state index contributed by atoms with van der Waals surface area (Å²) in [7, 11) is 2.15. The maximum absolute atomic E-state index is 12.1. The van der Waals surface area contributed by atoms with Gasteiger partial charge in [0.05, 0.1) is 6.61 Å². The zero-order valence-corrected chi connectivity index (χ0v) is 16.3. The summed E-state index contributed by atoms with van der Waals surface area (Å²) in [5.41, 5.74) is 0.898. The van der Waals surface area contributed by atoms with E-state index >= 15 is 0 Å². The molecule has 0 radical (unpaired) electrons. The molecule has 1 saturated heterocycles. The number of hydrogen-bond acceptors (Lipinski definition) is 4. The van der Waals surface area contributed by atoms with Crippen LogP contribution in [-0.4, -0.2) is 68.1 Å². The molecule has 0 spiro atoms. The Morgan fingerprint density at radius 1 is 1.24 bits per heavy atom. The molecular weight excluding hydrogens is 338 g/mol. The van der Waals surface area contributed by atoms with Crippen molar-refractivity contribution in [2.75, 3.05) is 46.4 Å². The summed E-state index contributed by atoms with van der Waals surface area (Å²) in [5.74, 6) is 0.416. The monoisotopic (exact) mass is 367 g/mol. The number of amides is 1. The maximum Gasteiger partial charge on any atom is 0.246 e. The first-order chi connectivity index (χ1) is 12.0. The van der Waals surface area contributed by atoms with E-state index in [1.54, 1.807) is 0 Å². The van der Waals surface area contributed by atoms with Crippen LogP contribution < -0.4 is 5.32 Å². The Kier molecular flexibility index (Phi) is 8.16. The first-order valence-electron chi connectivity index (χ1n) is 8.98. The topological polar surface area (TPSA) is 44.8 Å². The minimum atomic E-state index is -0.0770. The molecule has 0 aromatic heterocycles. The molecule has 1 aliphatic heterocycles. The Morgan fingerprint density at radius 2 is 1.92 bits per heavy atom. The molecule has 0 bridgehead atoms. The highest BCUT2D eigenvalue weighted by Crippen LogP contribution is 2.15. The van der Waals surface area contributed by atoms with E-state index < -0.39 is 0 Å². The highest BCUT2D eigenvalue weighted by molar-refractivity contribution is 6.31. The fraction of sp³-hybridized carbons (Fsp3) is 0.632. The number of carbonyl (C=O) groups excluding carboxylic acids is 1. The van der Waals surface area contributed by atoms with E-state index in [0.717, 1.165) is 31.7 Å². The van der Waals surface area contributed by atoms with Gasteiger partial charge in [0.25, 0.3) is 0 Å². The summed E-state index contributed by atoms with van der Waals surface area (Å²) in [6.45, 7) is 9.76. The molecule has 2 rings (SSSR count). The summed E-state index contributed by atoms with van der Waals surface area (Å²) in [5, 5.41) is 3.69. The number of likely N-dealkylation sites (N-methyl/N-ethyl adjacent to an activating group) is 1. The van der Waals surface area contributed by atoms with Gasteiger partial charge in [-0.25, -0.2) is 0 Å². The van der Waals surface area contributed by atoms with E-state index in [4.69, 9.17) is 16.3 Å². The number of halogens is 1. The number of rotatable bonds is 8. The molecule has 1 heterocycles. The van der Waals surface area contributed by atoms with Crippen molar-refractivity contribution in [1.29, 1.82) is 0 Å². The minimum absolute atomic E-state index is 0.0543. The van der Waals surface area contributed by atoms with Gasteiger partial charge in [-0.2, -0.15) is 0 Å². The molecule has 5 nitrogen and oxygen atoms in total. The van der Waals surface area contributed by atoms with E-state index in [9.17, 15) is 4.79 Å². The first-order valence-corrected chi connectivity index (χ1v) is 9.35. The third-order valence-corrected chi connectivity index (χ3v) is 5.10. The molecule has 140 valence electrons. The van der Waals surface area contributed by atoms with Gasteiger partial charge in [-0.1, -0.05) is 43.6 Å². The molecule has 6 heteroatoms. The summed E-state index contributed by atoms with van der Waals surface area (Å²) >= 11 is 6.08. The van der Waals surface area contributed by atoms with Crippen LogP contribution in [0.1, 0.15) is 19.4 Å². The van der Waals surface area contributed by atoms with Gasteiger partial charge in [0.15, 0.2) is 0 Å². The summed E-state index contributed by atoms with van der Waals surface area (Å²) in [6.07, 6.45) is 0. The zero-order valence-electron chi connectivity index (χ0n) is 15.5. The fourth-order valence-corrected chi connectivity index (χ4v) is 3.27. The van der Waals surface area contributed by atoms with E-state index in [1.807, 2.05) is 24.3 Å². The number of nitrogens with zero attached hydrogens (tertiary/aromatic N) is 2. The highest BCUT2D eigenvalue weighted by Gasteiger charge is 2.25. The van der Waals surface area contributed by atoms with Gasteiger partial charge < -0.3 is 15.0 Å². The van der Waals surface area contributed by atoms with Crippen LogP contribution in [0.3, 0.4) is 0 Å². The van der Waals surface area contributed by atoms with E-state index in [0.29, 0.717) is 30.1 Å². The maximum atomic E-state index is 12.1. The smallest absolute Gasteiger partial charge is 0.246 e. The molecule has 1 atom stereocenters. The molecule has 0 saturated carbocycles. The number of ether oxygens (including phenoxy) is 1. The van der Waals surface area contributed by atoms with Crippen LogP contribution in [0, 0.1) is 5.92 Å². The van der Waals surface area contributed by atoms with Crippen molar-refractivity contribution >= 4 is 17.5 Å². The number of benzene rings is 1. The second-order valence-corrected chi connectivity index (χ2v) is 7.45. The van der Waals surface area contributed by atoms with Gasteiger partial charge in [0, 0.05) is 43.8 Å². The normalized spacial score (nSPS) is 17.6. The average molecular weight is 368 g/mol. The standard InChI is InChI=1S/C19H30ClN3O2/c1-15(2)18(23-10-8-22(3)9-11-23)12-21-19(24)14-25-13-16-6-4-5-7-17(16)20/h4-7,15,18H,8-14H2,1-3H3,(H,21,24). The van der Waals surface area contributed by atoms with Crippen molar-refractivity contribution in [3.05, 3.63) is 34.9 Å². The molecule has 0 aliphatic carbocycles. The van der Waals surface area contributed by atoms with Crippen LogP contribution in [0.5, 0.6) is 0 Å². The van der Waals surface area contributed by atoms with Crippen molar-refractivity contribution in [1.82, 2.24) is 15.1 Å². The van der Waals surface area contributed by atoms with Crippen molar-refractivity contribution in [2.45, 2.75) is 26.5 Å². The van der Waals surface area contributed by atoms with Crippen LogP contribution in [0.15, 0.2) is 24.3 Å². The van der Waals surface area contributed by atoms with Crippen LogP contribution in [-0.2, 0) is 16.1 Å². The highest BCUT2D eigenvalue weighted by atomic mass is 35.5. The molecule has 1 N–H and O–H groups in total. The van der Waals surface area contributed by atoms with Crippen molar-refractivity contribution in [3.63, 3.8) is 0 Å². The Balaban J connectivity index is 1.72. The van der Waals surface area contributed by atoms with E-state index in [1.165, 1.54) is 0 Å². The van der Waals surface area contributed by atoms with Gasteiger partial charge >= 0.3 is 0 Å². The largest absolute Gasteiger partial charge is 0.367 e. The lowest BCUT2D eigenvalue weighted by Crippen LogP contribution is -2.54. The lowest BCUT2D eigenvalue weighted by Gasteiger charge is -2.39. The van der Waals surface area contributed by atoms with Gasteiger partial charge in [-0.3, -0.25) is 9.69 Å². The van der Waals surface area contributed by atoms with E-state index in [-0.39, 0.29) is 12.5 Å². The summed E-state index contributed by atoms with van der Waals surface area (Å²) < 4.78 is 5.50. The summed E-state index contributed by atoms with van der Waals surface area (Å²) in [4.78, 5) is 16.9. The molecular formula is C19H30ClN3O2. The minimum Gasteiger partial charge on any atom is -0.367 e. The first kappa shape index (κ1) is 20.2. The number of carbonyl (C=O) groups is 1. The van der Waals surface area contributed by atoms with Crippen LogP contribution in [0.2, 0.25) is 5.02 Å². The second kappa shape index (κ2) is 10.1. The quantitative estimate of drug-likeness (QED) is 0.765. The average Bonchev–Trinajstić information content (AvgIpc) is 2.58. The SMILES string of the molecule is CC(C)C(CNC(=O)COCc1ccccc1Cl)N1CCN(C)CC1. The fourth-order valence-electron chi connectivity index (χ4n) is 3.08. The Hall–Kier alpha value is -1.14. The molecule has 1 unspecified atom stereocenters. The molecule has 25 heavy (non-hydrogen) atoms. The zero-order chi connectivity index (χ0) is 18.2. The lowest BCUT2D eigenvalue weighted by atomic mass is 10.0. The Labute approximate surface area is 156 Å². The van der Waals surface area contributed by atoms with E-state index in [2.05, 4.69) is 36.0 Å². The Bertz CT molecular complexity index is 545. The molecule has 1 aliphatic rings. The lowest BCUT2D eigenvalue weighted by molar-refractivity contribution is -0.126. The predicted octanol–water partition coefficient (Wildman–Crippen LogP) is 2.24. The van der Waals surface area contributed by atoms with Gasteiger partial charge in [0.2, 0.25) is 5.91 Å². The third-order valence-electron chi connectivity index (χ3n) is 4.73. The van der Waals surface area contributed by atoms with Crippen LogP contribution >= 0.6 is 11.6 Å². The number of nitrogens with one attached hydrogen (secondary N) is 1. The van der Waals surface area contributed by atoms with Crippen LogP contribution in [0.4, 0.5) is 0 Å².